The number of rotatable bonds is 2. The molecular weight excluding hydrogens is 246 g/mol. The van der Waals surface area contributed by atoms with Crippen LogP contribution in [0.2, 0.25) is 0 Å². The van der Waals surface area contributed by atoms with Crippen LogP contribution in [0.25, 0.3) is 0 Å². The fraction of sp³-hybridized carbons (Fsp3) is 0.533. The number of benzene rings is 1. The molecule has 0 saturated carbocycles. The van der Waals surface area contributed by atoms with Crippen molar-refractivity contribution < 1.29 is 4.79 Å². The summed E-state index contributed by atoms with van der Waals surface area (Å²) >= 11 is 5.87. The van der Waals surface area contributed by atoms with Crippen molar-refractivity contribution in [3.05, 3.63) is 34.9 Å². The van der Waals surface area contributed by atoms with Gasteiger partial charge in [-0.1, -0.05) is 18.2 Å². The van der Waals surface area contributed by atoms with E-state index in [9.17, 15) is 4.79 Å². The van der Waals surface area contributed by atoms with Gasteiger partial charge in [-0.25, -0.2) is 0 Å². The monoisotopic (exact) mass is 265 g/mol. The zero-order valence-electron chi connectivity index (χ0n) is 11.1. The molecule has 0 aliphatic carbocycles. The molecule has 1 heterocycles. The number of alkyl halides is 1. The number of amides is 1. The van der Waals surface area contributed by atoms with Gasteiger partial charge in [-0.2, -0.15) is 0 Å². The van der Waals surface area contributed by atoms with E-state index in [1.807, 2.05) is 36.9 Å². The van der Waals surface area contributed by atoms with Crippen LogP contribution >= 0.6 is 11.6 Å². The topological polar surface area (TPSA) is 20.3 Å². The molecule has 1 aliphatic heterocycles. The second-order valence-corrected chi connectivity index (χ2v) is 5.47. The Morgan fingerprint density at radius 2 is 1.83 bits per heavy atom. The molecule has 0 radical (unpaired) electrons. The van der Waals surface area contributed by atoms with Crippen molar-refractivity contribution in [3.63, 3.8) is 0 Å². The Balaban J connectivity index is 2.13. The van der Waals surface area contributed by atoms with E-state index < -0.39 is 0 Å². The summed E-state index contributed by atoms with van der Waals surface area (Å²) in [6.07, 6.45) is 2.06. The molecule has 2 nitrogen and oxygen atoms in total. The summed E-state index contributed by atoms with van der Waals surface area (Å²) in [5, 5.41) is 0. The predicted molar refractivity (Wildman–Crippen MR) is 75.3 cm³/mol. The Morgan fingerprint density at radius 1 is 1.28 bits per heavy atom. The molecule has 2 rings (SSSR count). The van der Waals surface area contributed by atoms with E-state index in [-0.39, 0.29) is 5.91 Å². The molecule has 0 N–H and O–H groups in total. The highest BCUT2D eigenvalue weighted by Crippen LogP contribution is 2.22. The molecule has 1 amide bonds. The van der Waals surface area contributed by atoms with Crippen LogP contribution < -0.4 is 0 Å². The van der Waals surface area contributed by atoms with Gasteiger partial charge in [0.25, 0.3) is 5.91 Å². The first-order chi connectivity index (χ1) is 8.63. The maximum Gasteiger partial charge on any atom is 0.254 e. The number of carbonyl (C=O) groups is 1. The van der Waals surface area contributed by atoms with Gasteiger partial charge in [-0.05, 0) is 43.7 Å². The van der Waals surface area contributed by atoms with Gasteiger partial charge in [-0.3, -0.25) is 4.79 Å². The van der Waals surface area contributed by atoms with E-state index in [0.717, 1.165) is 42.6 Å². The predicted octanol–water partition coefficient (Wildman–Crippen LogP) is 3.39. The second-order valence-electron chi connectivity index (χ2n) is 5.16. The Bertz CT molecular complexity index is 416. The minimum Gasteiger partial charge on any atom is -0.339 e. The highest BCUT2D eigenvalue weighted by Gasteiger charge is 2.24. The standard InChI is InChI=1S/C15H20ClNO/c1-11-4-3-5-12(2)14(11)15(18)17-8-6-13(10-16)7-9-17/h3-5,13H,6-10H2,1-2H3. The number of carbonyl (C=O) groups excluding carboxylic acids is 1. The van der Waals surface area contributed by atoms with Gasteiger partial charge in [0.1, 0.15) is 0 Å². The smallest absolute Gasteiger partial charge is 0.254 e. The maximum absolute atomic E-state index is 12.5. The van der Waals surface area contributed by atoms with Crippen LogP contribution in [0.4, 0.5) is 0 Å². The van der Waals surface area contributed by atoms with Crippen molar-refractivity contribution in [1.29, 1.82) is 0 Å². The van der Waals surface area contributed by atoms with E-state index in [1.165, 1.54) is 0 Å². The molecule has 0 atom stereocenters. The normalized spacial score (nSPS) is 16.9. The average molecular weight is 266 g/mol. The summed E-state index contributed by atoms with van der Waals surface area (Å²) in [7, 11) is 0. The lowest BCUT2D eigenvalue weighted by Crippen LogP contribution is -2.39. The van der Waals surface area contributed by atoms with Crippen molar-refractivity contribution in [1.82, 2.24) is 4.90 Å². The molecule has 0 unspecified atom stereocenters. The van der Waals surface area contributed by atoms with Gasteiger partial charge in [0.05, 0.1) is 0 Å². The molecule has 0 bridgehead atoms. The van der Waals surface area contributed by atoms with Gasteiger partial charge < -0.3 is 4.90 Å². The van der Waals surface area contributed by atoms with Crippen molar-refractivity contribution in [3.8, 4) is 0 Å². The van der Waals surface area contributed by atoms with Crippen LogP contribution in [0.5, 0.6) is 0 Å². The van der Waals surface area contributed by atoms with Crippen LogP contribution in [-0.2, 0) is 0 Å². The molecule has 1 fully saturated rings. The highest BCUT2D eigenvalue weighted by molar-refractivity contribution is 6.18. The van der Waals surface area contributed by atoms with Crippen LogP contribution in [0.15, 0.2) is 18.2 Å². The first-order valence-corrected chi connectivity index (χ1v) is 7.08. The fourth-order valence-corrected chi connectivity index (χ4v) is 2.91. The minimum absolute atomic E-state index is 0.179. The zero-order valence-corrected chi connectivity index (χ0v) is 11.8. The second kappa shape index (κ2) is 5.75. The first-order valence-electron chi connectivity index (χ1n) is 6.55. The Hall–Kier alpha value is -1.02. The molecule has 1 saturated heterocycles. The fourth-order valence-electron chi connectivity index (χ4n) is 2.60. The summed E-state index contributed by atoms with van der Waals surface area (Å²) in [5.41, 5.74) is 3.01. The molecule has 0 aromatic heterocycles. The summed E-state index contributed by atoms with van der Waals surface area (Å²) in [6.45, 7) is 5.69. The number of halogens is 1. The van der Waals surface area contributed by atoms with Gasteiger partial charge in [-0.15, -0.1) is 11.6 Å². The average Bonchev–Trinajstić information content (AvgIpc) is 2.38. The lowest BCUT2D eigenvalue weighted by atomic mass is 9.96. The van der Waals surface area contributed by atoms with Gasteiger partial charge >= 0.3 is 0 Å². The molecule has 1 aliphatic rings. The third-order valence-electron chi connectivity index (χ3n) is 3.81. The summed E-state index contributed by atoms with van der Waals surface area (Å²) in [5.74, 6) is 1.47. The van der Waals surface area contributed by atoms with Crippen molar-refractivity contribution in [2.45, 2.75) is 26.7 Å². The summed E-state index contributed by atoms with van der Waals surface area (Å²) < 4.78 is 0. The molecule has 0 spiro atoms. The van der Waals surface area contributed by atoms with Gasteiger partial charge in [0, 0.05) is 24.5 Å². The van der Waals surface area contributed by atoms with Crippen molar-refractivity contribution in [2.24, 2.45) is 5.92 Å². The molecule has 1 aromatic carbocycles. The van der Waals surface area contributed by atoms with Crippen LogP contribution in [0, 0.1) is 19.8 Å². The zero-order chi connectivity index (χ0) is 13.1. The third kappa shape index (κ3) is 2.69. The van der Waals surface area contributed by atoms with Crippen LogP contribution in [0.1, 0.15) is 34.3 Å². The van der Waals surface area contributed by atoms with E-state index in [1.54, 1.807) is 0 Å². The SMILES string of the molecule is Cc1cccc(C)c1C(=O)N1CCC(CCl)CC1. The molecule has 3 heteroatoms. The van der Waals surface area contributed by atoms with E-state index >= 15 is 0 Å². The van der Waals surface area contributed by atoms with Crippen molar-refractivity contribution >= 4 is 17.5 Å². The van der Waals surface area contributed by atoms with Crippen molar-refractivity contribution in [2.75, 3.05) is 19.0 Å². The number of aryl methyl sites for hydroxylation is 2. The van der Waals surface area contributed by atoms with Gasteiger partial charge in [0.15, 0.2) is 0 Å². The number of piperidine rings is 1. The minimum atomic E-state index is 0.179. The van der Waals surface area contributed by atoms with Crippen LogP contribution in [0.3, 0.4) is 0 Å². The lowest BCUT2D eigenvalue weighted by Gasteiger charge is -2.31. The Morgan fingerprint density at radius 3 is 2.33 bits per heavy atom. The number of hydrogen-bond acceptors (Lipinski definition) is 1. The number of nitrogens with zero attached hydrogens (tertiary/aromatic N) is 1. The Kier molecular flexibility index (Phi) is 4.28. The molecule has 98 valence electrons. The molecule has 1 aromatic rings. The molecular formula is C15H20ClNO. The van der Waals surface area contributed by atoms with E-state index in [4.69, 9.17) is 11.6 Å². The largest absolute Gasteiger partial charge is 0.339 e. The summed E-state index contributed by atoms with van der Waals surface area (Å²) in [4.78, 5) is 14.5. The number of hydrogen-bond donors (Lipinski definition) is 0. The number of likely N-dealkylation sites (tertiary alicyclic amines) is 1. The third-order valence-corrected chi connectivity index (χ3v) is 4.25. The Labute approximate surface area is 114 Å². The van der Waals surface area contributed by atoms with Crippen LogP contribution in [-0.4, -0.2) is 29.8 Å². The summed E-state index contributed by atoms with van der Waals surface area (Å²) in [6, 6.07) is 6.01. The van der Waals surface area contributed by atoms with E-state index in [0.29, 0.717) is 11.8 Å². The lowest BCUT2D eigenvalue weighted by molar-refractivity contribution is 0.0697. The first kappa shape index (κ1) is 13.4. The van der Waals surface area contributed by atoms with Gasteiger partial charge in [0.2, 0.25) is 0 Å². The highest BCUT2D eigenvalue weighted by atomic mass is 35.5. The molecule has 18 heavy (non-hydrogen) atoms. The van der Waals surface area contributed by atoms with E-state index in [2.05, 4.69) is 0 Å². The quantitative estimate of drug-likeness (QED) is 0.751. The maximum atomic E-state index is 12.5.